The van der Waals surface area contributed by atoms with Crippen LogP contribution in [0.2, 0.25) is 10.0 Å². The lowest BCUT2D eigenvalue weighted by atomic mass is 9.94. The molecule has 0 aromatic heterocycles. The van der Waals surface area contributed by atoms with Crippen LogP contribution in [-0.4, -0.2) is 18.2 Å². The van der Waals surface area contributed by atoms with Gasteiger partial charge in [0.25, 0.3) is 0 Å². The molecule has 1 rings (SSSR count). The molecule has 17 heavy (non-hydrogen) atoms. The Morgan fingerprint density at radius 2 is 2.12 bits per heavy atom. The molecule has 0 spiro atoms. The molecule has 94 valence electrons. The van der Waals surface area contributed by atoms with Crippen LogP contribution >= 0.6 is 23.2 Å². The minimum atomic E-state index is -0.847. The zero-order valence-electron chi connectivity index (χ0n) is 9.61. The monoisotopic (exact) mass is 276 g/mol. The van der Waals surface area contributed by atoms with E-state index < -0.39 is 6.10 Å². The van der Waals surface area contributed by atoms with Gasteiger partial charge in [0, 0.05) is 15.6 Å². The number of halogens is 2. The number of hydrogen-bond donors (Lipinski definition) is 1. The number of esters is 1. The van der Waals surface area contributed by atoms with E-state index in [1.165, 1.54) is 7.11 Å². The van der Waals surface area contributed by atoms with Gasteiger partial charge in [-0.15, -0.1) is 0 Å². The van der Waals surface area contributed by atoms with Gasteiger partial charge in [-0.25, -0.2) is 0 Å². The maximum absolute atomic E-state index is 11.1. The molecule has 1 aromatic rings. The highest BCUT2D eigenvalue weighted by atomic mass is 35.5. The Hall–Kier alpha value is -0.770. The lowest BCUT2D eigenvalue weighted by Gasteiger charge is -2.19. The van der Waals surface area contributed by atoms with E-state index in [0.29, 0.717) is 15.6 Å². The molecule has 0 saturated carbocycles. The average Bonchev–Trinajstić information content (AvgIpc) is 2.31. The molecule has 0 aliphatic rings. The topological polar surface area (TPSA) is 46.5 Å². The van der Waals surface area contributed by atoms with Crippen molar-refractivity contribution in [1.29, 1.82) is 0 Å². The highest BCUT2D eigenvalue weighted by Crippen LogP contribution is 2.32. The van der Waals surface area contributed by atoms with E-state index in [4.69, 9.17) is 23.2 Å². The number of benzene rings is 1. The molecule has 5 heteroatoms. The Morgan fingerprint density at radius 3 is 2.71 bits per heavy atom. The fraction of sp³-hybridized carbons (Fsp3) is 0.417. The van der Waals surface area contributed by atoms with E-state index in [-0.39, 0.29) is 18.3 Å². The number of hydrogen-bond acceptors (Lipinski definition) is 3. The SMILES string of the molecule is COC(=O)CC(C)C(O)c1cc(Cl)ccc1Cl. The van der Waals surface area contributed by atoms with Crippen molar-refractivity contribution in [3.63, 3.8) is 0 Å². The summed E-state index contributed by atoms with van der Waals surface area (Å²) >= 11 is 11.8. The van der Waals surface area contributed by atoms with Crippen molar-refractivity contribution in [3.05, 3.63) is 33.8 Å². The van der Waals surface area contributed by atoms with E-state index in [1.54, 1.807) is 25.1 Å². The van der Waals surface area contributed by atoms with E-state index in [9.17, 15) is 9.90 Å². The van der Waals surface area contributed by atoms with Gasteiger partial charge in [0.05, 0.1) is 19.6 Å². The Bertz CT molecular complexity index is 407. The van der Waals surface area contributed by atoms with Gasteiger partial charge in [0.15, 0.2) is 0 Å². The molecule has 0 amide bonds. The summed E-state index contributed by atoms with van der Waals surface area (Å²) in [7, 11) is 1.31. The van der Waals surface area contributed by atoms with Gasteiger partial charge in [-0.1, -0.05) is 30.1 Å². The second-order valence-corrected chi connectivity index (χ2v) is 4.71. The fourth-order valence-electron chi connectivity index (χ4n) is 1.51. The second kappa shape index (κ2) is 6.24. The summed E-state index contributed by atoms with van der Waals surface area (Å²) in [4.78, 5) is 11.1. The highest BCUT2D eigenvalue weighted by molar-refractivity contribution is 6.33. The molecular weight excluding hydrogens is 263 g/mol. The molecule has 2 atom stereocenters. The zero-order valence-corrected chi connectivity index (χ0v) is 11.1. The van der Waals surface area contributed by atoms with Crippen molar-refractivity contribution in [2.45, 2.75) is 19.4 Å². The first-order valence-electron chi connectivity index (χ1n) is 5.15. The van der Waals surface area contributed by atoms with Crippen molar-refractivity contribution in [2.75, 3.05) is 7.11 Å². The zero-order chi connectivity index (χ0) is 13.0. The number of ether oxygens (including phenoxy) is 1. The Morgan fingerprint density at radius 1 is 1.47 bits per heavy atom. The van der Waals surface area contributed by atoms with Gasteiger partial charge < -0.3 is 9.84 Å². The molecule has 2 unspecified atom stereocenters. The van der Waals surface area contributed by atoms with E-state index in [0.717, 1.165) is 0 Å². The van der Waals surface area contributed by atoms with E-state index in [2.05, 4.69) is 4.74 Å². The van der Waals surface area contributed by atoms with Crippen molar-refractivity contribution >= 4 is 29.2 Å². The lowest BCUT2D eigenvalue weighted by Crippen LogP contribution is -2.15. The number of carbonyl (C=O) groups is 1. The van der Waals surface area contributed by atoms with Crippen molar-refractivity contribution in [2.24, 2.45) is 5.92 Å². The van der Waals surface area contributed by atoms with Crippen LogP contribution in [0, 0.1) is 5.92 Å². The van der Waals surface area contributed by atoms with Gasteiger partial charge in [-0.2, -0.15) is 0 Å². The average molecular weight is 277 g/mol. The first kappa shape index (κ1) is 14.3. The van der Waals surface area contributed by atoms with Crippen LogP contribution in [0.25, 0.3) is 0 Å². The molecule has 0 heterocycles. The third-order valence-electron chi connectivity index (χ3n) is 2.53. The molecular formula is C12H14Cl2O3. The Kier molecular flexibility index (Phi) is 5.25. The quantitative estimate of drug-likeness (QED) is 0.859. The minimum Gasteiger partial charge on any atom is -0.469 e. The molecule has 0 saturated heterocycles. The van der Waals surface area contributed by atoms with Crippen LogP contribution < -0.4 is 0 Å². The van der Waals surface area contributed by atoms with Crippen LogP contribution in [0.4, 0.5) is 0 Å². The normalized spacial score (nSPS) is 14.2. The molecule has 0 fully saturated rings. The maximum atomic E-state index is 11.1. The smallest absolute Gasteiger partial charge is 0.305 e. The van der Waals surface area contributed by atoms with Crippen molar-refractivity contribution in [1.82, 2.24) is 0 Å². The summed E-state index contributed by atoms with van der Waals surface area (Å²) in [6.07, 6.45) is -0.721. The third kappa shape index (κ3) is 3.87. The third-order valence-corrected chi connectivity index (χ3v) is 3.11. The number of aliphatic hydroxyl groups excluding tert-OH is 1. The Balaban J connectivity index is 2.84. The van der Waals surface area contributed by atoms with Gasteiger partial charge >= 0.3 is 5.97 Å². The number of carbonyl (C=O) groups excluding carboxylic acids is 1. The van der Waals surface area contributed by atoms with Gasteiger partial charge in [-0.05, 0) is 24.1 Å². The summed E-state index contributed by atoms with van der Waals surface area (Å²) in [6.45, 7) is 1.75. The number of rotatable bonds is 4. The standard InChI is InChI=1S/C12H14Cl2O3/c1-7(5-11(15)17-2)12(16)9-6-8(13)3-4-10(9)14/h3-4,6-7,12,16H,5H2,1-2H3. The molecule has 0 aliphatic carbocycles. The van der Waals surface area contributed by atoms with Gasteiger partial charge in [0.2, 0.25) is 0 Å². The van der Waals surface area contributed by atoms with Crippen molar-refractivity contribution in [3.8, 4) is 0 Å². The van der Waals surface area contributed by atoms with Crippen LogP contribution in [0.5, 0.6) is 0 Å². The first-order valence-corrected chi connectivity index (χ1v) is 5.91. The minimum absolute atomic E-state index is 0.126. The Labute approximate surface area is 110 Å². The van der Waals surface area contributed by atoms with Crippen LogP contribution in [0.3, 0.4) is 0 Å². The van der Waals surface area contributed by atoms with E-state index >= 15 is 0 Å². The van der Waals surface area contributed by atoms with Gasteiger partial charge in [0.1, 0.15) is 0 Å². The highest BCUT2D eigenvalue weighted by Gasteiger charge is 2.22. The number of aliphatic hydroxyl groups is 1. The first-order chi connectivity index (χ1) is 7.95. The van der Waals surface area contributed by atoms with E-state index in [1.807, 2.05) is 0 Å². The largest absolute Gasteiger partial charge is 0.469 e. The molecule has 0 aliphatic heterocycles. The summed E-state index contributed by atoms with van der Waals surface area (Å²) < 4.78 is 4.55. The summed E-state index contributed by atoms with van der Waals surface area (Å²) in [5.74, 6) is -0.659. The predicted molar refractivity (Wildman–Crippen MR) is 67.2 cm³/mol. The predicted octanol–water partition coefficient (Wildman–Crippen LogP) is 3.23. The van der Waals surface area contributed by atoms with Crippen LogP contribution in [0.15, 0.2) is 18.2 Å². The van der Waals surface area contributed by atoms with Crippen LogP contribution in [-0.2, 0) is 9.53 Å². The van der Waals surface area contributed by atoms with Crippen LogP contribution in [0.1, 0.15) is 25.0 Å². The molecule has 1 N–H and O–H groups in total. The van der Waals surface area contributed by atoms with Crippen molar-refractivity contribution < 1.29 is 14.6 Å². The molecule has 3 nitrogen and oxygen atoms in total. The lowest BCUT2D eigenvalue weighted by molar-refractivity contribution is -0.142. The molecule has 1 aromatic carbocycles. The number of methoxy groups -OCH3 is 1. The second-order valence-electron chi connectivity index (χ2n) is 3.87. The maximum Gasteiger partial charge on any atom is 0.305 e. The molecule has 0 radical (unpaired) electrons. The summed E-state index contributed by atoms with van der Waals surface area (Å²) in [5.41, 5.74) is 0.524. The molecule has 0 bridgehead atoms. The van der Waals surface area contributed by atoms with Gasteiger partial charge in [-0.3, -0.25) is 4.79 Å². The summed E-state index contributed by atoms with van der Waals surface area (Å²) in [6, 6.07) is 4.86. The summed E-state index contributed by atoms with van der Waals surface area (Å²) in [5, 5.41) is 11.0. The fourth-order valence-corrected chi connectivity index (χ4v) is 1.92.